The molecule has 1 aliphatic heterocycles. The number of oxazole rings is 1. The highest BCUT2D eigenvalue weighted by Gasteiger charge is 2.19. The van der Waals surface area contributed by atoms with Crippen molar-refractivity contribution in [1.82, 2.24) is 32.8 Å². The highest BCUT2D eigenvalue weighted by Crippen LogP contribution is 2.31. The van der Waals surface area contributed by atoms with Crippen molar-refractivity contribution in [3.63, 3.8) is 0 Å². The fourth-order valence-electron chi connectivity index (χ4n) is 9.48. The van der Waals surface area contributed by atoms with Crippen LogP contribution in [0.5, 0.6) is 0 Å². The van der Waals surface area contributed by atoms with Gasteiger partial charge in [0.2, 0.25) is 0 Å². The quantitative estimate of drug-likeness (QED) is 0.145. The van der Waals surface area contributed by atoms with Gasteiger partial charge >= 0.3 is 0 Å². The Balaban J connectivity index is 0.000000134. The molecule has 0 aliphatic carbocycles. The minimum Gasteiger partial charge on any atom is -0.464 e. The first-order valence-electron chi connectivity index (χ1n) is 30.5. The standard InChI is InChI=1S/C12H16N2.C12H14O.2C11H13NO.C11H13NS.C10H12N2S.C9H9N/c1-12(2,3)9-5-6-10-11(7-9)14(4)8-13-10;1-12(2,3)10-4-5-11-9(8-10)6-7-13-11;1-11(2,3)9-5-4-8-7-12-13-10(8)6-9;1-11(2,3)8-4-5-9-10(6-8)13-7-12-9;1-11(2,3)9-4-5-10-8(6-9)7-12-13-10;1-10(2,3)7-4-5-8-9(6-7)12-13-11-8;1-7-2-3-8-5-10-6-9(8)4-7/h5-8H,1-4H3;4-8H,1-3H3;3*4-7H,1-3H3;4-6H,1-3H3;2-4,6H,5H2,1H3. The Hall–Kier alpha value is -8.13. The normalized spacial score (nSPS) is 12.4. The molecule has 89 heavy (non-hydrogen) atoms. The third-order valence-electron chi connectivity index (χ3n) is 15.5. The third kappa shape index (κ3) is 18.0. The van der Waals surface area contributed by atoms with Crippen LogP contribution >= 0.6 is 23.3 Å². The molecule has 0 spiro atoms. The first-order chi connectivity index (χ1) is 41.7. The molecule has 0 radical (unpaired) electrons. The molecule has 0 bridgehead atoms. The zero-order valence-corrected chi connectivity index (χ0v) is 57.6. The van der Waals surface area contributed by atoms with Crippen molar-refractivity contribution in [3.8, 4) is 0 Å². The first kappa shape index (κ1) is 66.8. The lowest BCUT2D eigenvalue weighted by atomic mass is 9.86. The van der Waals surface area contributed by atoms with Crippen LogP contribution in [0.4, 0.5) is 0 Å². The van der Waals surface area contributed by atoms with Gasteiger partial charge in [0, 0.05) is 35.6 Å². The number of benzene rings is 7. The van der Waals surface area contributed by atoms with Crippen molar-refractivity contribution < 1.29 is 13.4 Å². The van der Waals surface area contributed by atoms with Crippen LogP contribution in [0, 0.1) is 6.92 Å². The van der Waals surface area contributed by atoms with Crippen molar-refractivity contribution >= 4 is 94.7 Å². The Labute approximate surface area is 535 Å². The number of imidazole rings is 1. The predicted molar refractivity (Wildman–Crippen MR) is 377 cm³/mol. The van der Waals surface area contributed by atoms with E-state index in [2.05, 4.69) is 272 Å². The molecule has 14 rings (SSSR count). The molecule has 0 saturated carbocycles. The maximum atomic E-state index is 5.29. The van der Waals surface area contributed by atoms with Crippen molar-refractivity contribution in [3.05, 3.63) is 215 Å². The van der Waals surface area contributed by atoms with E-state index in [1.165, 1.54) is 89.2 Å². The third-order valence-corrected chi connectivity index (χ3v) is 16.8. The molecule has 13 aromatic rings. The molecule has 0 amide bonds. The second kappa shape index (κ2) is 27.3. The van der Waals surface area contributed by atoms with E-state index in [0.29, 0.717) is 0 Å². The number of nitrogens with zero attached hydrogens (tertiary/aromatic N) is 8. The largest absolute Gasteiger partial charge is 0.464 e. The SMILES string of the molecule is CC(C)(C)c1ccc2cnoc2c1.CC(C)(C)c1ccc2ncoc2c1.CC(C)(C)c1ccc2nsnc2c1.CC(C)(C)c1ccc2occc2c1.CC(C)(C)c1ccc2sncc2c1.Cc1ccc2c(c1)C=NC2.Cn1cnc2ccc(C(C)(C)C)cc21. The number of fused-ring (bicyclic) bond motifs is 7. The molecule has 0 saturated heterocycles. The maximum Gasteiger partial charge on any atom is 0.181 e. The molecule has 7 aromatic carbocycles. The van der Waals surface area contributed by atoms with Gasteiger partial charge in [-0.2, -0.15) is 13.1 Å². The van der Waals surface area contributed by atoms with Crippen molar-refractivity contribution in [2.24, 2.45) is 12.0 Å². The van der Waals surface area contributed by atoms with Crippen LogP contribution in [0.3, 0.4) is 0 Å². The van der Waals surface area contributed by atoms with Gasteiger partial charge in [0.25, 0.3) is 0 Å². The zero-order chi connectivity index (χ0) is 64.7. The minimum atomic E-state index is 0.168. The Kier molecular flexibility index (Phi) is 20.5. The van der Waals surface area contributed by atoms with E-state index < -0.39 is 0 Å². The Morgan fingerprint density at radius 3 is 1.66 bits per heavy atom. The van der Waals surface area contributed by atoms with Gasteiger partial charge in [-0.1, -0.05) is 190 Å². The fourth-order valence-corrected chi connectivity index (χ4v) is 10.6. The molecule has 1 aliphatic rings. The number of aliphatic imine (C=N–C) groups is 1. The van der Waals surface area contributed by atoms with Crippen molar-refractivity contribution in [1.29, 1.82) is 0 Å². The minimum absolute atomic E-state index is 0.168. The van der Waals surface area contributed by atoms with E-state index >= 15 is 0 Å². The van der Waals surface area contributed by atoms with Crippen LogP contribution in [-0.4, -0.2) is 39.0 Å². The van der Waals surface area contributed by atoms with E-state index in [1.54, 1.807) is 24.0 Å². The summed E-state index contributed by atoms with van der Waals surface area (Å²) in [6.45, 7) is 42.7. The van der Waals surface area contributed by atoms with Gasteiger partial charge in [-0.3, -0.25) is 4.99 Å². The van der Waals surface area contributed by atoms with Crippen LogP contribution in [-0.2, 0) is 46.1 Å². The Morgan fingerprint density at radius 1 is 0.449 bits per heavy atom. The Morgan fingerprint density at radius 2 is 1.00 bits per heavy atom. The van der Waals surface area contributed by atoms with Gasteiger partial charge in [0.1, 0.15) is 22.1 Å². The lowest BCUT2D eigenvalue weighted by Gasteiger charge is -2.18. The highest BCUT2D eigenvalue weighted by molar-refractivity contribution is 7.13. The summed E-state index contributed by atoms with van der Waals surface area (Å²) >= 11 is 2.83. The van der Waals surface area contributed by atoms with Gasteiger partial charge in [0.15, 0.2) is 17.6 Å². The van der Waals surface area contributed by atoms with E-state index in [1.807, 2.05) is 56.1 Å². The summed E-state index contributed by atoms with van der Waals surface area (Å²) in [5.41, 5.74) is 21.0. The molecule has 0 fully saturated rings. The number of aromatic nitrogens is 7. The number of hydrogen-bond donors (Lipinski definition) is 0. The van der Waals surface area contributed by atoms with Crippen molar-refractivity contribution in [2.75, 3.05) is 0 Å². The summed E-state index contributed by atoms with van der Waals surface area (Å²) in [4.78, 5) is 12.5. The molecule has 7 heterocycles. The summed E-state index contributed by atoms with van der Waals surface area (Å²) in [6.07, 6.45) is 10.7. The highest BCUT2D eigenvalue weighted by atomic mass is 32.1. The second-order valence-electron chi connectivity index (χ2n) is 29.1. The van der Waals surface area contributed by atoms with Crippen LogP contribution < -0.4 is 0 Å². The van der Waals surface area contributed by atoms with Gasteiger partial charge in [-0.05, 0) is 174 Å². The fraction of sp³-hybridized carbons (Fsp3) is 0.355. The van der Waals surface area contributed by atoms with Crippen LogP contribution in [0.15, 0.2) is 183 Å². The lowest BCUT2D eigenvalue weighted by Crippen LogP contribution is -2.10. The second-order valence-corrected chi connectivity index (χ2v) is 30.4. The molecule has 0 N–H and O–H groups in total. The molecule has 0 unspecified atom stereocenters. The summed E-state index contributed by atoms with van der Waals surface area (Å²) < 4.78 is 31.5. The maximum absolute atomic E-state index is 5.29. The van der Waals surface area contributed by atoms with Crippen LogP contribution in [0.1, 0.15) is 175 Å². The lowest BCUT2D eigenvalue weighted by molar-refractivity contribution is 0.455. The molecular weight excluding hydrogens is 1140 g/mol. The van der Waals surface area contributed by atoms with Gasteiger partial charge in [-0.25, -0.2) is 9.97 Å². The van der Waals surface area contributed by atoms with Gasteiger partial charge in [-0.15, -0.1) is 0 Å². The summed E-state index contributed by atoms with van der Waals surface area (Å²) in [7, 11) is 2.03. The summed E-state index contributed by atoms with van der Waals surface area (Å²) in [5.74, 6) is 0. The summed E-state index contributed by atoms with van der Waals surface area (Å²) in [5, 5.41) is 7.26. The van der Waals surface area contributed by atoms with E-state index in [9.17, 15) is 0 Å². The van der Waals surface area contributed by atoms with Crippen molar-refractivity contribution in [2.45, 2.75) is 171 Å². The molecule has 0 atom stereocenters. The van der Waals surface area contributed by atoms with E-state index in [0.717, 1.165) is 50.7 Å². The zero-order valence-electron chi connectivity index (χ0n) is 56.0. The molecular formula is C76H90N8O3S2. The van der Waals surface area contributed by atoms with Crippen LogP contribution in [0.25, 0.3) is 65.2 Å². The molecule has 6 aromatic heterocycles. The summed E-state index contributed by atoms with van der Waals surface area (Å²) in [6, 6.07) is 46.6. The first-order valence-corrected chi connectivity index (χ1v) is 32.0. The Bertz CT molecular complexity index is 3980. The molecule has 11 nitrogen and oxygen atoms in total. The average Bonchev–Trinajstić information content (AvgIpc) is 2.89. The monoisotopic (exact) mass is 1230 g/mol. The van der Waals surface area contributed by atoms with Gasteiger partial charge in [0.05, 0.1) is 52.8 Å². The molecule has 464 valence electrons. The van der Waals surface area contributed by atoms with Gasteiger partial charge < -0.3 is 17.9 Å². The number of furan rings is 1. The number of hydrogen-bond acceptors (Lipinski definition) is 12. The van der Waals surface area contributed by atoms with E-state index in [-0.39, 0.29) is 32.5 Å². The average molecular weight is 1230 g/mol. The number of aryl methyl sites for hydroxylation is 2. The number of rotatable bonds is 0. The predicted octanol–water partition coefficient (Wildman–Crippen LogP) is 21.4. The topological polar surface area (TPSA) is 134 Å². The molecule has 13 heteroatoms. The van der Waals surface area contributed by atoms with Crippen LogP contribution in [0.2, 0.25) is 0 Å². The van der Waals surface area contributed by atoms with E-state index in [4.69, 9.17) is 13.4 Å². The smallest absolute Gasteiger partial charge is 0.181 e.